The summed E-state index contributed by atoms with van der Waals surface area (Å²) >= 11 is 0. The fraction of sp³-hybridized carbons (Fsp3) is 0.538. The van der Waals surface area contributed by atoms with Crippen LogP contribution in [-0.4, -0.2) is 21.1 Å². The molecule has 90 valence electrons. The Kier molecular flexibility index (Phi) is 2.50. The molecule has 0 amide bonds. The molecule has 1 saturated carbocycles. The molecule has 0 aliphatic heterocycles. The van der Waals surface area contributed by atoms with Crippen molar-refractivity contribution in [1.29, 1.82) is 0 Å². The summed E-state index contributed by atoms with van der Waals surface area (Å²) in [4.78, 5) is 4.40. The third-order valence-corrected chi connectivity index (χ3v) is 3.69. The second-order valence-electron chi connectivity index (χ2n) is 5.04. The molecule has 1 aliphatic rings. The molecule has 0 saturated heterocycles. The Balaban J connectivity index is 1.75. The molecule has 0 unspecified atom stereocenters. The van der Waals surface area contributed by atoms with Gasteiger partial charge in [0, 0.05) is 18.9 Å². The van der Waals surface area contributed by atoms with Crippen LogP contribution in [0.25, 0.3) is 5.52 Å². The lowest BCUT2D eigenvalue weighted by atomic mass is 10.0. The van der Waals surface area contributed by atoms with Gasteiger partial charge in [0.25, 0.3) is 0 Å². The third-order valence-electron chi connectivity index (χ3n) is 3.69. The maximum Gasteiger partial charge on any atom is 0.152 e. The first kappa shape index (κ1) is 10.6. The van der Waals surface area contributed by atoms with Crippen molar-refractivity contribution in [3.8, 4) is 0 Å². The standard InChI is InChI=1S/C13H18N4/c1-2-4-13(5-6-13)10-15-12-11-3-7-16-17(11)9-8-14-12/h3,7-9H,2,4-6,10H2,1H3,(H,14,15). The van der Waals surface area contributed by atoms with Crippen LogP contribution in [-0.2, 0) is 0 Å². The molecule has 4 heteroatoms. The van der Waals surface area contributed by atoms with E-state index in [9.17, 15) is 0 Å². The van der Waals surface area contributed by atoms with Gasteiger partial charge in [-0.15, -0.1) is 0 Å². The Morgan fingerprint density at radius 3 is 3.06 bits per heavy atom. The van der Waals surface area contributed by atoms with E-state index < -0.39 is 0 Å². The topological polar surface area (TPSA) is 42.2 Å². The van der Waals surface area contributed by atoms with Crippen LogP contribution in [0.2, 0.25) is 0 Å². The highest BCUT2D eigenvalue weighted by Crippen LogP contribution is 2.49. The number of fused-ring (bicyclic) bond motifs is 1. The molecule has 2 aromatic heterocycles. The zero-order valence-electron chi connectivity index (χ0n) is 10.2. The minimum atomic E-state index is 0.545. The molecule has 0 spiro atoms. The van der Waals surface area contributed by atoms with Crippen molar-refractivity contribution in [2.75, 3.05) is 11.9 Å². The smallest absolute Gasteiger partial charge is 0.152 e. The predicted molar refractivity (Wildman–Crippen MR) is 68.1 cm³/mol. The van der Waals surface area contributed by atoms with Crippen molar-refractivity contribution in [1.82, 2.24) is 14.6 Å². The molecule has 4 nitrogen and oxygen atoms in total. The molecule has 1 fully saturated rings. The van der Waals surface area contributed by atoms with Crippen molar-refractivity contribution < 1.29 is 0 Å². The van der Waals surface area contributed by atoms with E-state index >= 15 is 0 Å². The largest absolute Gasteiger partial charge is 0.368 e. The summed E-state index contributed by atoms with van der Waals surface area (Å²) in [5, 5.41) is 7.70. The zero-order chi connectivity index (χ0) is 11.7. The first-order valence-corrected chi connectivity index (χ1v) is 6.35. The highest BCUT2D eigenvalue weighted by molar-refractivity contribution is 5.66. The van der Waals surface area contributed by atoms with Gasteiger partial charge in [0.2, 0.25) is 0 Å². The molecule has 17 heavy (non-hydrogen) atoms. The Morgan fingerprint density at radius 1 is 1.41 bits per heavy atom. The quantitative estimate of drug-likeness (QED) is 0.858. The number of anilines is 1. The van der Waals surface area contributed by atoms with Crippen LogP contribution in [0, 0.1) is 5.41 Å². The van der Waals surface area contributed by atoms with Crippen LogP contribution < -0.4 is 5.32 Å². The number of nitrogens with zero attached hydrogens (tertiary/aromatic N) is 3. The van der Waals surface area contributed by atoms with Gasteiger partial charge < -0.3 is 5.32 Å². The van der Waals surface area contributed by atoms with E-state index in [-0.39, 0.29) is 0 Å². The first-order chi connectivity index (χ1) is 8.33. The third kappa shape index (κ3) is 1.99. The van der Waals surface area contributed by atoms with E-state index in [4.69, 9.17) is 0 Å². The van der Waals surface area contributed by atoms with Gasteiger partial charge in [0.05, 0.1) is 6.20 Å². The molecule has 0 atom stereocenters. The summed E-state index contributed by atoms with van der Waals surface area (Å²) in [6.45, 7) is 3.30. The lowest BCUT2D eigenvalue weighted by molar-refractivity contribution is 0.485. The predicted octanol–water partition coefficient (Wildman–Crippen LogP) is 2.72. The summed E-state index contributed by atoms with van der Waals surface area (Å²) < 4.78 is 1.86. The van der Waals surface area contributed by atoms with Crippen LogP contribution in [0.3, 0.4) is 0 Å². The normalized spacial score (nSPS) is 17.2. The second kappa shape index (κ2) is 4.02. The van der Waals surface area contributed by atoms with Crippen molar-refractivity contribution in [2.24, 2.45) is 5.41 Å². The van der Waals surface area contributed by atoms with Crippen LogP contribution in [0.15, 0.2) is 24.7 Å². The van der Waals surface area contributed by atoms with Gasteiger partial charge in [0.15, 0.2) is 5.82 Å². The summed E-state index contributed by atoms with van der Waals surface area (Å²) in [5.41, 5.74) is 1.60. The van der Waals surface area contributed by atoms with E-state index in [1.54, 1.807) is 12.4 Å². The Morgan fingerprint density at radius 2 is 2.29 bits per heavy atom. The summed E-state index contributed by atoms with van der Waals surface area (Å²) in [7, 11) is 0. The van der Waals surface area contributed by atoms with E-state index in [0.717, 1.165) is 17.9 Å². The number of aromatic nitrogens is 3. The van der Waals surface area contributed by atoms with Gasteiger partial charge in [-0.25, -0.2) is 9.50 Å². The van der Waals surface area contributed by atoms with E-state index in [2.05, 4.69) is 22.3 Å². The number of hydrogen-bond donors (Lipinski definition) is 1. The van der Waals surface area contributed by atoms with Crippen LogP contribution in [0.1, 0.15) is 32.6 Å². The fourth-order valence-electron chi connectivity index (χ4n) is 2.49. The van der Waals surface area contributed by atoms with Crippen molar-refractivity contribution in [3.63, 3.8) is 0 Å². The zero-order valence-corrected chi connectivity index (χ0v) is 10.2. The molecule has 0 radical (unpaired) electrons. The maximum absolute atomic E-state index is 4.40. The molecule has 2 heterocycles. The lowest BCUT2D eigenvalue weighted by Gasteiger charge is -2.15. The van der Waals surface area contributed by atoms with Gasteiger partial charge in [-0.3, -0.25) is 0 Å². The Bertz CT molecular complexity index is 513. The number of rotatable bonds is 5. The lowest BCUT2D eigenvalue weighted by Crippen LogP contribution is -2.16. The Hall–Kier alpha value is -1.58. The molecule has 3 rings (SSSR count). The Labute approximate surface area is 101 Å². The molecular weight excluding hydrogens is 212 g/mol. The maximum atomic E-state index is 4.40. The number of nitrogens with one attached hydrogen (secondary N) is 1. The molecule has 2 aromatic rings. The van der Waals surface area contributed by atoms with Crippen LogP contribution in [0.5, 0.6) is 0 Å². The van der Waals surface area contributed by atoms with Crippen molar-refractivity contribution in [3.05, 3.63) is 24.7 Å². The summed E-state index contributed by atoms with van der Waals surface area (Å²) in [6, 6.07) is 1.99. The first-order valence-electron chi connectivity index (χ1n) is 6.35. The summed E-state index contributed by atoms with van der Waals surface area (Å²) in [6.07, 6.45) is 10.8. The minimum absolute atomic E-state index is 0.545. The van der Waals surface area contributed by atoms with Gasteiger partial charge in [-0.1, -0.05) is 13.3 Å². The van der Waals surface area contributed by atoms with Gasteiger partial charge in [-0.2, -0.15) is 5.10 Å². The van der Waals surface area contributed by atoms with Crippen LogP contribution in [0.4, 0.5) is 5.82 Å². The van der Waals surface area contributed by atoms with E-state index in [1.165, 1.54) is 25.7 Å². The fourth-order valence-corrected chi connectivity index (χ4v) is 2.49. The highest BCUT2D eigenvalue weighted by atomic mass is 15.2. The minimum Gasteiger partial charge on any atom is -0.368 e. The molecule has 1 N–H and O–H groups in total. The summed E-state index contributed by atoms with van der Waals surface area (Å²) in [5.74, 6) is 0.951. The number of hydrogen-bond acceptors (Lipinski definition) is 3. The monoisotopic (exact) mass is 230 g/mol. The van der Waals surface area contributed by atoms with Crippen molar-refractivity contribution in [2.45, 2.75) is 32.6 Å². The van der Waals surface area contributed by atoms with Gasteiger partial charge in [-0.05, 0) is 30.7 Å². The van der Waals surface area contributed by atoms with Crippen LogP contribution >= 0.6 is 0 Å². The van der Waals surface area contributed by atoms with E-state index in [0.29, 0.717) is 5.41 Å². The molecule has 0 aromatic carbocycles. The SMILES string of the molecule is CCCC1(CNc2nccn3nccc23)CC1. The highest BCUT2D eigenvalue weighted by Gasteiger charge is 2.41. The van der Waals surface area contributed by atoms with E-state index in [1.807, 2.05) is 16.8 Å². The van der Waals surface area contributed by atoms with Gasteiger partial charge in [0.1, 0.15) is 5.52 Å². The second-order valence-corrected chi connectivity index (χ2v) is 5.04. The van der Waals surface area contributed by atoms with Gasteiger partial charge >= 0.3 is 0 Å². The molecule has 0 bridgehead atoms. The molecular formula is C13H18N4. The molecule has 1 aliphatic carbocycles. The van der Waals surface area contributed by atoms with Crippen molar-refractivity contribution >= 4 is 11.3 Å². The average molecular weight is 230 g/mol. The average Bonchev–Trinajstić information content (AvgIpc) is 2.92.